The Morgan fingerprint density at radius 2 is 1.54 bits per heavy atom. The zero-order valence-corrected chi connectivity index (χ0v) is 19.6. The van der Waals surface area contributed by atoms with Crippen molar-refractivity contribution < 1.29 is 9.53 Å². The first-order chi connectivity index (χ1) is 17.2. The third kappa shape index (κ3) is 4.44. The molecule has 0 unspecified atom stereocenters. The first-order valence-corrected chi connectivity index (χ1v) is 11.4. The summed E-state index contributed by atoms with van der Waals surface area (Å²) >= 11 is 0. The van der Waals surface area contributed by atoms with E-state index in [4.69, 9.17) is 4.74 Å². The van der Waals surface area contributed by atoms with Crippen LogP contribution >= 0.6 is 0 Å². The van der Waals surface area contributed by atoms with Crippen LogP contribution in [0.4, 0.5) is 0 Å². The second-order valence-electron chi connectivity index (χ2n) is 8.21. The van der Waals surface area contributed by atoms with Gasteiger partial charge in [0.1, 0.15) is 5.75 Å². The molecule has 1 amide bonds. The number of methoxy groups -OCH3 is 1. The number of nitrogens with one attached hydrogen (secondary N) is 1. The highest BCUT2D eigenvalue weighted by molar-refractivity contribution is 6.03. The Morgan fingerprint density at radius 3 is 2.29 bits per heavy atom. The highest BCUT2D eigenvalue weighted by Crippen LogP contribution is 2.28. The van der Waals surface area contributed by atoms with Crippen molar-refractivity contribution in [1.29, 1.82) is 0 Å². The largest absolute Gasteiger partial charge is 0.496 e. The molecule has 35 heavy (non-hydrogen) atoms. The fourth-order valence-corrected chi connectivity index (χ4v) is 4.29. The van der Waals surface area contributed by atoms with Gasteiger partial charge < -0.3 is 9.30 Å². The zero-order chi connectivity index (χ0) is 24.2. The third-order valence-corrected chi connectivity index (χ3v) is 6.04. The molecule has 0 aliphatic heterocycles. The van der Waals surface area contributed by atoms with Crippen molar-refractivity contribution in [3.8, 4) is 22.7 Å². The van der Waals surface area contributed by atoms with Crippen LogP contribution in [0.3, 0.4) is 0 Å². The number of carbonyl (C=O) groups is 1. The summed E-state index contributed by atoms with van der Waals surface area (Å²) < 4.78 is 7.63. The lowest BCUT2D eigenvalue weighted by Gasteiger charge is -2.12. The number of ether oxygens (including phenoxy) is 1. The summed E-state index contributed by atoms with van der Waals surface area (Å²) in [7, 11) is 1.65. The molecule has 0 spiro atoms. The number of benzene rings is 4. The number of nitrogens with zero attached hydrogens (tertiary/aromatic N) is 2. The van der Waals surface area contributed by atoms with E-state index in [-0.39, 0.29) is 5.91 Å². The molecule has 0 aliphatic rings. The molecule has 5 nitrogen and oxygen atoms in total. The molecule has 5 rings (SSSR count). The molecule has 1 heterocycles. The molecule has 4 aromatic carbocycles. The first-order valence-electron chi connectivity index (χ1n) is 11.4. The summed E-state index contributed by atoms with van der Waals surface area (Å²) in [5.41, 5.74) is 8.44. The van der Waals surface area contributed by atoms with Gasteiger partial charge in [0.15, 0.2) is 0 Å². The number of hydrogen-bond donors (Lipinski definition) is 1. The zero-order valence-electron chi connectivity index (χ0n) is 19.6. The molecular formula is C30H25N3O2. The monoisotopic (exact) mass is 459 g/mol. The van der Waals surface area contributed by atoms with Gasteiger partial charge in [-0.25, -0.2) is 5.43 Å². The van der Waals surface area contributed by atoms with Crippen molar-refractivity contribution >= 4 is 22.9 Å². The van der Waals surface area contributed by atoms with Crippen LogP contribution in [0.1, 0.15) is 21.6 Å². The summed E-state index contributed by atoms with van der Waals surface area (Å²) in [5.74, 6) is 0.536. The van der Waals surface area contributed by atoms with Crippen LogP contribution in [0.2, 0.25) is 0 Å². The molecule has 5 aromatic rings. The van der Waals surface area contributed by atoms with E-state index >= 15 is 0 Å². The number of aryl methyl sites for hydroxylation is 1. The number of amides is 1. The van der Waals surface area contributed by atoms with E-state index in [1.54, 1.807) is 13.3 Å². The maximum absolute atomic E-state index is 12.7. The van der Waals surface area contributed by atoms with Crippen LogP contribution in [-0.2, 0) is 0 Å². The summed E-state index contributed by atoms with van der Waals surface area (Å²) in [6, 6.07) is 33.8. The molecular weight excluding hydrogens is 434 g/mol. The van der Waals surface area contributed by atoms with Crippen LogP contribution in [0.15, 0.2) is 108 Å². The molecule has 0 fully saturated rings. The average molecular weight is 460 g/mol. The Balaban J connectivity index is 1.34. The Labute approximate surface area is 204 Å². The van der Waals surface area contributed by atoms with Crippen molar-refractivity contribution in [3.63, 3.8) is 0 Å². The van der Waals surface area contributed by atoms with Gasteiger partial charge in [-0.3, -0.25) is 4.79 Å². The Kier molecular flexibility index (Phi) is 6.14. The van der Waals surface area contributed by atoms with E-state index in [9.17, 15) is 4.79 Å². The SMILES string of the molecule is COc1ccc(/C=N/NC(=O)c2ccc(-n3c(C)ccc3-c3ccccc3)cc2)c2ccccc12. The van der Waals surface area contributed by atoms with E-state index in [1.807, 2.05) is 78.9 Å². The van der Waals surface area contributed by atoms with Crippen molar-refractivity contribution in [2.24, 2.45) is 5.10 Å². The smallest absolute Gasteiger partial charge is 0.271 e. The lowest BCUT2D eigenvalue weighted by atomic mass is 10.0. The summed E-state index contributed by atoms with van der Waals surface area (Å²) in [6.07, 6.45) is 1.66. The van der Waals surface area contributed by atoms with E-state index in [1.165, 1.54) is 0 Å². The Morgan fingerprint density at radius 1 is 0.829 bits per heavy atom. The molecule has 172 valence electrons. The van der Waals surface area contributed by atoms with Crippen molar-refractivity contribution in [2.75, 3.05) is 7.11 Å². The number of hydrogen-bond acceptors (Lipinski definition) is 3. The molecule has 0 bridgehead atoms. The van der Waals surface area contributed by atoms with Crippen molar-refractivity contribution in [1.82, 2.24) is 9.99 Å². The van der Waals surface area contributed by atoms with Gasteiger partial charge in [-0.1, -0.05) is 54.6 Å². The third-order valence-electron chi connectivity index (χ3n) is 6.04. The Bertz CT molecular complexity index is 1520. The van der Waals surface area contributed by atoms with Gasteiger partial charge in [-0.05, 0) is 66.4 Å². The van der Waals surface area contributed by atoms with Gasteiger partial charge in [0.25, 0.3) is 5.91 Å². The van der Waals surface area contributed by atoms with Gasteiger partial charge in [-0.2, -0.15) is 5.10 Å². The summed E-state index contributed by atoms with van der Waals surface area (Å²) in [5, 5.41) is 6.19. The normalized spacial score (nSPS) is 11.1. The predicted octanol–water partition coefficient (Wildman–Crippen LogP) is 6.38. The molecule has 0 saturated carbocycles. The maximum Gasteiger partial charge on any atom is 0.271 e. The number of rotatable bonds is 6. The fraction of sp³-hybridized carbons (Fsp3) is 0.0667. The standard InChI is InChI=1S/C30H25N3O2/c1-21-12-18-28(22-8-4-3-5-9-22)33(21)25-16-13-23(14-17-25)30(34)32-31-20-24-15-19-29(35-2)27-11-7-6-10-26(24)27/h3-20H,1-2H3,(H,32,34)/b31-20+. The van der Waals surface area contributed by atoms with Gasteiger partial charge in [0, 0.05) is 27.9 Å². The van der Waals surface area contributed by atoms with Crippen LogP contribution in [0.25, 0.3) is 27.7 Å². The van der Waals surface area contributed by atoms with Crippen LogP contribution < -0.4 is 10.2 Å². The van der Waals surface area contributed by atoms with Crippen LogP contribution in [-0.4, -0.2) is 23.8 Å². The van der Waals surface area contributed by atoms with Crippen molar-refractivity contribution in [2.45, 2.75) is 6.92 Å². The number of fused-ring (bicyclic) bond motifs is 1. The molecule has 0 aliphatic carbocycles. The highest BCUT2D eigenvalue weighted by atomic mass is 16.5. The van der Waals surface area contributed by atoms with Gasteiger partial charge in [0.05, 0.1) is 19.0 Å². The van der Waals surface area contributed by atoms with E-state index < -0.39 is 0 Å². The molecule has 1 N–H and O–H groups in total. The van der Waals surface area contributed by atoms with E-state index in [0.29, 0.717) is 5.56 Å². The predicted molar refractivity (Wildman–Crippen MR) is 142 cm³/mol. The van der Waals surface area contributed by atoms with Gasteiger partial charge in [-0.15, -0.1) is 0 Å². The number of aromatic nitrogens is 1. The fourth-order valence-electron chi connectivity index (χ4n) is 4.29. The topological polar surface area (TPSA) is 55.6 Å². The number of hydrazone groups is 1. The van der Waals surface area contributed by atoms with Gasteiger partial charge >= 0.3 is 0 Å². The lowest BCUT2D eigenvalue weighted by molar-refractivity contribution is 0.0955. The minimum atomic E-state index is -0.266. The molecule has 1 aromatic heterocycles. The first kappa shape index (κ1) is 22.2. The van der Waals surface area contributed by atoms with Crippen LogP contribution in [0, 0.1) is 6.92 Å². The second kappa shape index (κ2) is 9.69. The molecule has 5 heteroatoms. The maximum atomic E-state index is 12.7. The van der Waals surface area contributed by atoms with Crippen molar-refractivity contribution in [3.05, 3.63) is 120 Å². The summed E-state index contributed by atoms with van der Waals surface area (Å²) in [4.78, 5) is 12.7. The van der Waals surface area contributed by atoms with Gasteiger partial charge in [0.2, 0.25) is 0 Å². The molecule has 0 radical (unpaired) electrons. The lowest BCUT2D eigenvalue weighted by Crippen LogP contribution is -2.17. The van der Waals surface area contributed by atoms with Crippen LogP contribution in [0.5, 0.6) is 5.75 Å². The summed E-state index contributed by atoms with van der Waals surface area (Å²) in [6.45, 7) is 2.07. The quantitative estimate of drug-likeness (QED) is 0.237. The molecule has 0 atom stereocenters. The second-order valence-corrected chi connectivity index (χ2v) is 8.21. The highest BCUT2D eigenvalue weighted by Gasteiger charge is 2.11. The minimum Gasteiger partial charge on any atom is -0.496 e. The molecule has 0 saturated heterocycles. The average Bonchev–Trinajstić information content (AvgIpc) is 3.30. The minimum absolute atomic E-state index is 0.266. The van der Waals surface area contributed by atoms with E-state index in [0.717, 1.165) is 44.7 Å². The Hall–Kier alpha value is -4.64. The number of carbonyl (C=O) groups excluding carboxylic acids is 1. The van der Waals surface area contributed by atoms with E-state index in [2.05, 4.69) is 46.3 Å².